The molecule has 1 aromatic carbocycles. The van der Waals surface area contributed by atoms with Gasteiger partial charge in [0.15, 0.2) is 0 Å². The largest absolute Gasteiger partial charge is 0.383 e. The highest BCUT2D eigenvalue weighted by Crippen LogP contribution is 2.32. The Morgan fingerprint density at radius 1 is 1.24 bits per heavy atom. The zero-order chi connectivity index (χ0) is 18.7. The first-order chi connectivity index (χ1) is 11.6. The molecule has 6 heteroatoms. The third kappa shape index (κ3) is 5.06. The van der Waals surface area contributed by atoms with Crippen LogP contribution in [0.2, 0.25) is 0 Å². The fourth-order valence-corrected chi connectivity index (χ4v) is 2.68. The third-order valence-corrected chi connectivity index (χ3v) is 4.19. The molecule has 0 aliphatic carbocycles. The molecule has 136 valence electrons. The van der Waals surface area contributed by atoms with Crippen LogP contribution in [0.4, 0.5) is 4.79 Å². The molecule has 1 aromatic heterocycles. The highest BCUT2D eigenvalue weighted by Gasteiger charge is 2.29. The average molecular weight is 344 g/mol. The number of urea groups is 1. The standard InChI is InChI=1S/C19H28N4O2/c1-18(2,3)16(14-9-7-6-8-10-14)22-17(24)20-13-19(4,25)15-11-21-23(5)12-15/h6-12,16,25H,13H2,1-5H3,(H2,20,22,24). The van der Waals surface area contributed by atoms with E-state index in [1.165, 1.54) is 0 Å². The fourth-order valence-electron chi connectivity index (χ4n) is 2.68. The van der Waals surface area contributed by atoms with Crippen LogP contribution in [0.5, 0.6) is 0 Å². The van der Waals surface area contributed by atoms with Crippen LogP contribution in [0.25, 0.3) is 0 Å². The molecule has 0 saturated carbocycles. The molecule has 0 bridgehead atoms. The molecule has 2 atom stereocenters. The number of nitrogens with one attached hydrogen (secondary N) is 2. The zero-order valence-electron chi connectivity index (χ0n) is 15.6. The van der Waals surface area contributed by atoms with Gasteiger partial charge in [-0.05, 0) is 17.9 Å². The lowest BCUT2D eigenvalue weighted by atomic mass is 9.82. The van der Waals surface area contributed by atoms with E-state index < -0.39 is 5.60 Å². The second-order valence-corrected chi connectivity index (χ2v) is 7.71. The van der Waals surface area contributed by atoms with Gasteiger partial charge >= 0.3 is 6.03 Å². The number of nitrogens with zero attached hydrogens (tertiary/aromatic N) is 2. The summed E-state index contributed by atoms with van der Waals surface area (Å²) in [4.78, 5) is 12.4. The van der Waals surface area contributed by atoms with Crippen molar-refractivity contribution < 1.29 is 9.90 Å². The van der Waals surface area contributed by atoms with Crippen molar-refractivity contribution in [2.45, 2.75) is 39.3 Å². The second-order valence-electron chi connectivity index (χ2n) is 7.71. The van der Waals surface area contributed by atoms with E-state index in [9.17, 15) is 9.90 Å². The lowest BCUT2D eigenvalue weighted by molar-refractivity contribution is 0.0589. The molecule has 0 aliphatic rings. The minimum Gasteiger partial charge on any atom is -0.383 e. The molecular weight excluding hydrogens is 316 g/mol. The van der Waals surface area contributed by atoms with E-state index in [-0.39, 0.29) is 24.0 Å². The van der Waals surface area contributed by atoms with Gasteiger partial charge in [-0.25, -0.2) is 4.79 Å². The summed E-state index contributed by atoms with van der Waals surface area (Å²) in [5.74, 6) is 0. The summed E-state index contributed by atoms with van der Waals surface area (Å²) in [6.45, 7) is 7.99. The minimum atomic E-state index is -1.18. The quantitative estimate of drug-likeness (QED) is 0.780. The molecule has 0 saturated heterocycles. The summed E-state index contributed by atoms with van der Waals surface area (Å²) in [6, 6.07) is 9.42. The smallest absolute Gasteiger partial charge is 0.315 e. The number of amides is 2. The summed E-state index contributed by atoms with van der Waals surface area (Å²) >= 11 is 0. The van der Waals surface area contributed by atoms with E-state index in [1.54, 1.807) is 31.0 Å². The maximum atomic E-state index is 12.4. The number of hydrogen-bond acceptors (Lipinski definition) is 3. The molecule has 2 rings (SSSR count). The Hall–Kier alpha value is -2.34. The second kappa shape index (κ2) is 7.27. The van der Waals surface area contributed by atoms with Crippen LogP contribution in [0, 0.1) is 5.41 Å². The minimum absolute atomic E-state index is 0.0934. The van der Waals surface area contributed by atoms with Crippen molar-refractivity contribution in [1.29, 1.82) is 0 Å². The van der Waals surface area contributed by atoms with Crippen molar-refractivity contribution in [3.63, 3.8) is 0 Å². The number of rotatable bonds is 5. The number of carbonyl (C=O) groups is 1. The molecular formula is C19H28N4O2. The molecule has 0 aliphatic heterocycles. The van der Waals surface area contributed by atoms with Gasteiger partial charge < -0.3 is 15.7 Å². The molecule has 0 spiro atoms. The number of benzene rings is 1. The van der Waals surface area contributed by atoms with Crippen LogP contribution in [-0.2, 0) is 12.6 Å². The Morgan fingerprint density at radius 2 is 1.88 bits per heavy atom. The first-order valence-electron chi connectivity index (χ1n) is 8.40. The van der Waals surface area contributed by atoms with E-state index in [2.05, 4.69) is 36.5 Å². The van der Waals surface area contributed by atoms with E-state index in [1.807, 2.05) is 30.3 Å². The highest BCUT2D eigenvalue weighted by atomic mass is 16.3. The van der Waals surface area contributed by atoms with Crippen molar-refractivity contribution in [2.75, 3.05) is 6.54 Å². The maximum absolute atomic E-state index is 12.4. The molecule has 1 heterocycles. The molecule has 0 fully saturated rings. The number of carbonyl (C=O) groups excluding carboxylic acids is 1. The van der Waals surface area contributed by atoms with E-state index in [0.717, 1.165) is 5.56 Å². The molecule has 2 aromatic rings. The van der Waals surface area contributed by atoms with Gasteiger partial charge in [0, 0.05) is 18.8 Å². The van der Waals surface area contributed by atoms with Gasteiger partial charge in [-0.3, -0.25) is 4.68 Å². The van der Waals surface area contributed by atoms with Crippen LogP contribution in [0.15, 0.2) is 42.7 Å². The van der Waals surface area contributed by atoms with Crippen LogP contribution in [0.1, 0.15) is 44.9 Å². The first kappa shape index (κ1) is 19.0. The summed E-state index contributed by atoms with van der Waals surface area (Å²) < 4.78 is 1.62. The lowest BCUT2D eigenvalue weighted by Gasteiger charge is -2.32. The Bertz CT molecular complexity index is 702. The molecule has 0 radical (unpaired) electrons. The van der Waals surface area contributed by atoms with Crippen LogP contribution in [0.3, 0.4) is 0 Å². The van der Waals surface area contributed by atoms with Crippen LogP contribution >= 0.6 is 0 Å². The highest BCUT2D eigenvalue weighted by molar-refractivity contribution is 5.74. The van der Waals surface area contributed by atoms with Gasteiger partial charge in [-0.15, -0.1) is 0 Å². The SMILES string of the molecule is Cn1cc(C(C)(O)CNC(=O)NC(c2ccccc2)C(C)(C)C)cn1. The Kier molecular flexibility index (Phi) is 5.52. The molecule has 2 unspecified atom stereocenters. The first-order valence-corrected chi connectivity index (χ1v) is 8.40. The number of aromatic nitrogens is 2. The van der Waals surface area contributed by atoms with Gasteiger partial charge in [0.2, 0.25) is 0 Å². The predicted molar refractivity (Wildman–Crippen MR) is 98.0 cm³/mol. The zero-order valence-corrected chi connectivity index (χ0v) is 15.6. The summed E-state index contributed by atoms with van der Waals surface area (Å²) in [6.07, 6.45) is 3.34. The third-order valence-electron chi connectivity index (χ3n) is 4.19. The summed E-state index contributed by atoms with van der Waals surface area (Å²) in [5.41, 5.74) is 0.370. The topological polar surface area (TPSA) is 79.2 Å². The van der Waals surface area contributed by atoms with Crippen molar-refractivity contribution in [3.8, 4) is 0 Å². The molecule has 6 nitrogen and oxygen atoms in total. The molecule has 3 N–H and O–H groups in total. The molecule has 25 heavy (non-hydrogen) atoms. The summed E-state index contributed by atoms with van der Waals surface area (Å²) in [7, 11) is 1.79. The van der Waals surface area contributed by atoms with Crippen molar-refractivity contribution in [3.05, 3.63) is 53.9 Å². The van der Waals surface area contributed by atoms with Gasteiger partial charge in [0.1, 0.15) is 5.60 Å². The number of aliphatic hydroxyl groups is 1. The fraction of sp³-hybridized carbons (Fsp3) is 0.474. The predicted octanol–water partition coefficient (Wildman–Crippen LogP) is 2.71. The lowest BCUT2D eigenvalue weighted by Crippen LogP contribution is -2.46. The average Bonchev–Trinajstić information content (AvgIpc) is 2.98. The normalized spacial score (nSPS) is 15.3. The van der Waals surface area contributed by atoms with E-state index >= 15 is 0 Å². The maximum Gasteiger partial charge on any atom is 0.315 e. The van der Waals surface area contributed by atoms with Gasteiger partial charge in [0.05, 0.1) is 18.8 Å². The number of hydrogen-bond donors (Lipinski definition) is 3. The summed E-state index contributed by atoms with van der Waals surface area (Å²) in [5, 5.41) is 20.4. The van der Waals surface area contributed by atoms with Crippen LogP contribution < -0.4 is 10.6 Å². The Labute approximate surface area is 149 Å². The number of aryl methyl sites for hydroxylation is 1. The van der Waals surface area contributed by atoms with Crippen molar-refractivity contribution in [1.82, 2.24) is 20.4 Å². The van der Waals surface area contributed by atoms with Gasteiger partial charge in [0.25, 0.3) is 0 Å². The van der Waals surface area contributed by atoms with E-state index in [4.69, 9.17) is 0 Å². The van der Waals surface area contributed by atoms with Crippen molar-refractivity contribution in [2.24, 2.45) is 12.5 Å². The van der Waals surface area contributed by atoms with Crippen molar-refractivity contribution >= 4 is 6.03 Å². The Morgan fingerprint density at radius 3 is 2.40 bits per heavy atom. The monoisotopic (exact) mass is 344 g/mol. The van der Waals surface area contributed by atoms with Gasteiger partial charge in [-0.1, -0.05) is 51.1 Å². The Balaban J connectivity index is 2.02. The van der Waals surface area contributed by atoms with E-state index in [0.29, 0.717) is 5.56 Å². The van der Waals surface area contributed by atoms with Gasteiger partial charge in [-0.2, -0.15) is 5.10 Å². The van der Waals surface area contributed by atoms with Crippen LogP contribution in [-0.4, -0.2) is 27.5 Å². The molecule has 2 amide bonds.